The predicted molar refractivity (Wildman–Crippen MR) is 111 cm³/mol. The molecule has 0 spiro atoms. The summed E-state index contributed by atoms with van der Waals surface area (Å²) in [5, 5.41) is 9.35. The van der Waals surface area contributed by atoms with Gasteiger partial charge in [0.25, 0.3) is 5.56 Å². The highest BCUT2D eigenvalue weighted by Crippen LogP contribution is 2.34. The fourth-order valence-corrected chi connectivity index (χ4v) is 5.38. The van der Waals surface area contributed by atoms with Crippen LogP contribution in [0, 0.1) is 0 Å². The van der Waals surface area contributed by atoms with Crippen LogP contribution in [0.3, 0.4) is 0 Å². The SMILES string of the molecule is O=c1ccc(-c2ccncc2)nn1C1CCC(Nc2nc3c(s2)CCC3)CC1. The van der Waals surface area contributed by atoms with Crippen LogP contribution in [0.2, 0.25) is 0 Å². The van der Waals surface area contributed by atoms with E-state index in [2.05, 4.69) is 15.4 Å². The van der Waals surface area contributed by atoms with E-state index in [9.17, 15) is 4.79 Å². The van der Waals surface area contributed by atoms with Crippen molar-refractivity contribution in [1.29, 1.82) is 0 Å². The van der Waals surface area contributed by atoms with Gasteiger partial charge in [-0.2, -0.15) is 5.10 Å². The van der Waals surface area contributed by atoms with E-state index < -0.39 is 0 Å². The van der Waals surface area contributed by atoms with Crippen LogP contribution in [0.5, 0.6) is 0 Å². The summed E-state index contributed by atoms with van der Waals surface area (Å²) in [4.78, 5) is 22.7. The van der Waals surface area contributed by atoms with E-state index >= 15 is 0 Å². The Morgan fingerprint density at radius 2 is 1.86 bits per heavy atom. The van der Waals surface area contributed by atoms with Crippen LogP contribution in [-0.2, 0) is 12.8 Å². The molecule has 0 bridgehead atoms. The Bertz CT molecular complexity index is 999. The van der Waals surface area contributed by atoms with Crippen LogP contribution < -0.4 is 10.9 Å². The Morgan fingerprint density at radius 1 is 1.04 bits per heavy atom. The second-order valence-corrected chi connectivity index (χ2v) is 8.71. The van der Waals surface area contributed by atoms with Gasteiger partial charge in [0.15, 0.2) is 5.13 Å². The lowest BCUT2D eigenvalue weighted by Crippen LogP contribution is -2.33. The summed E-state index contributed by atoms with van der Waals surface area (Å²) >= 11 is 1.82. The zero-order chi connectivity index (χ0) is 18.9. The minimum atomic E-state index is -0.0226. The van der Waals surface area contributed by atoms with Gasteiger partial charge >= 0.3 is 0 Å². The molecule has 144 valence electrons. The molecular formula is C21H23N5OS. The molecule has 1 fully saturated rings. The van der Waals surface area contributed by atoms with E-state index in [1.54, 1.807) is 29.2 Å². The molecule has 7 heteroatoms. The second-order valence-electron chi connectivity index (χ2n) is 7.63. The number of nitrogens with one attached hydrogen (secondary N) is 1. The number of hydrogen-bond acceptors (Lipinski definition) is 6. The highest BCUT2D eigenvalue weighted by atomic mass is 32.1. The maximum absolute atomic E-state index is 12.4. The first kappa shape index (κ1) is 17.6. The summed E-state index contributed by atoms with van der Waals surface area (Å²) in [7, 11) is 0. The van der Waals surface area contributed by atoms with Gasteiger partial charge in [-0.1, -0.05) is 0 Å². The topological polar surface area (TPSA) is 72.7 Å². The lowest BCUT2D eigenvalue weighted by Gasteiger charge is -2.29. The minimum absolute atomic E-state index is 0.0226. The molecule has 0 atom stereocenters. The highest BCUT2D eigenvalue weighted by Gasteiger charge is 2.25. The number of aromatic nitrogens is 4. The van der Waals surface area contributed by atoms with Crippen LogP contribution in [0.1, 0.15) is 48.7 Å². The number of anilines is 1. The van der Waals surface area contributed by atoms with E-state index in [4.69, 9.17) is 4.98 Å². The van der Waals surface area contributed by atoms with E-state index in [-0.39, 0.29) is 11.6 Å². The van der Waals surface area contributed by atoms with E-state index in [0.717, 1.165) is 48.5 Å². The summed E-state index contributed by atoms with van der Waals surface area (Å²) < 4.78 is 1.68. The Kier molecular flexibility index (Phi) is 4.68. The summed E-state index contributed by atoms with van der Waals surface area (Å²) in [6.07, 6.45) is 11.0. The largest absolute Gasteiger partial charge is 0.359 e. The van der Waals surface area contributed by atoms with Gasteiger partial charge < -0.3 is 5.32 Å². The summed E-state index contributed by atoms with van der Waals surface area (Å²) in [6.45, 7) is 0. The van der Waals surface area contributed by atoms with Crippen LogP contribution in [0.25, 0.3) is 11.3 Å². The van der Waals surface area contributed by atoms with Crippen molar-refractivity contribution in [3.63, 3.8) is 0 Å². The third-order valence-corrected chi connectivity index (χ3v) is 6.86. The van der Waals surface area contributed by atoms with Crippen molar-refractivity contribution in [3.05, 3.63) is 57.6 Å². The molecule has 2 aliphatic carbocycles. The maximum Gasteiger partial charge on any atom is 0.267 e. The molecule has 6 nitrogen and oxygen atoms in total. The van der Waals surface area contributed by atoms with E-state index in [1.807, 2.05) is 23.5 Å². The second kappa shape index (κ2) is 7.47. The number of thiazole rings is 1. The smallest absolute Gasteiger partial charge is 0.267 e. The number of rotatable bonds is 4. The zero-order valence-corrected chi connectivity index (χ0v) is 16.5. The quantitative estimate of drug-likeness (QED) is 0.729. The van der Waals surface area contributed by atoms with Crippen LogP contribution >= 0.6 is 11.3 Å². The monoisotopic (exact) mass is 393 g/mol. The third kappa shape index (κ3) is 3.46. The molecule has 0 unspecified atom stereocenters. The van der Waals surface area contributed by atoms with Crippen LogP contribution in [0.15, 0.2) is 41.5 Å². The van der Waals surface area contributed by atoms with Crippen molar-refractivity contribution in [3.8, 4) is 11.3 Å². The molecule has 1 saturated carbocycles. The minimum Gasteiger partial charge on any atom is -0.359 e. The van der Waals surface area contributed by atoms with Gasteiger partial charge in [0, 0.05) is 34.9 Å². The average Bonchev–Trinajstić information content (AvgIpc) is 3.31. The zero-order valence-electron chi connectivity index (χ0n) is 15.7. The van der Waals surface area contributed by atoms with Crippen molar-refractivity contribution < 1.29 is 0 Å². The fraction of sp³-hybridized carbons (Fsp3) is 0.429. The summed E-state index contributed by atoms with van der Waals surface area (Å²) in [6, 6.07) is 7.86. The molecule has 3 aromatic heterocycles. The van der Waals surface area contributed by atoms with Crippen molar-refractivity contribution >= 4 is 16.5 Å². The summed E-state index contributed by atoms with van der Waals surface area (Å²) in [5.41, 5.74) is 3.07. The highest BCUT2D eigenvalue weighted by molar-refractivity contribution is 7.15. The number of hydrogen-bond donors (Lipinski definition) is 1. The Morgan fingerprint density at radius 3 is 2.64 bits per heavy atom. The molecule has 0 saturated heterocycles. The lowest BCUT2D eigenvalue weighted by atomic mass is 9.91. The lowest BCUT2D eigenvalue weighted by molar-refractivity contribution is 0.304. The van der Waals surface area contributed by atoms with Crippen LogP contribution in [0.4, 0.5) is 5.13 Å². The molecule has 3 heterocycles. The van der Waals surface area contributed by atoms with Crippen LogP contribution in [-0.4, -0.2) is 25.8 Å². The third-order valence-electron chi connectivity index (χ3n) is 5.77. The molecule has 2 aliphatic rings. The molecule has 0 radical (unpaired) electrons. The number of nitrogens with zero attached hydrogens (tertiary/aromatic N) is 4. The van der Waals surface area contributed by atoms with Gasteiger partial charge in [0.1, 0.15) is 0 Å². The van der Waals surface area contributed by atoms with Crippen molar-refractivity contribution in [1.82, 2.24) is 19.7 Å². The Balaban J connectivity index is 1.27. The molecule has 28 heavy (non-hydrogen) atoms. The Hall–Kier alpha value is -2.54. The molecule has 0 aliphatic heterocycles. The molecule has 3 aromatic rings. The van der Waals surface area contributed by atoms with Crippen molar-refractivity contribution in [2.45, 2.75) is 57.0 Å². The number of fused-ring (bicyclic) bond motifs is 1. The maximum atomic E-state index is 12.4. The normalized spacial score (nSPS) is 21.4. The molecule has 5 rings (SSSR count). The molecule has 0 aromatic carbocycles. The first-order chi connectivity index (χ1) is 13.8. The molecule has 1 N–H and O–H groups in total. The van der Waals surface area contributed by atoms with Crippen molar-refractivity contribution in [2.75, 3.05) is 5.32 Å². The molecule has 0 amide bonds. The van der Waals surface area contributed by atoms with Gasteiger partial charge in [0.2, 0.25) is 0 Å². The standard InChI is InChI=1S/C21H23N5OS/c27-20-9-8-17(14-10-12-22-13-11-14)25-26(20)16-6-4-15(5-7-16)23-21-24-18-2-1-3-19(18)28-21/h8-13,15-16H,1-7H2,(H,23,24). The van der Waals surface area contributed by atoms with Gasteiger partial charge in [-0.25, -0.2) is 9.67 Å². The van der Waals surface area contributed by atoms with Gasteiger partial charge in [-0.15, -0.1) is 11.3 Å². The summed E-state index contributed by atoms with van der Waals surface area (Å²) in [5.74, 6) is 0. The predicted octanol–water partition coefficient (Wildman–Crippen LogP) is 3.85. The fourth-order valence-electron chi connectivity index (χ4n) is 4.25. The van der Waals surface area contributed by atoms with Gasteiger partial charge in [0.05, 0.1) is 17.4 Å². The van der Waals surface area contributed by atoms with Gasteiger partial charge in [-0.3, -0.25) is 9.78 Å². The van der Waals surface area contributed by atoms with Crippen molar-refractivity contribution in [2.24, 2.45) is 0 Å². The van der Waals surface area contributed by atoms with E-state index in [0.29, 0.717) is 6.04 Å². The van der Waals surface area contributed by atoms with E-state index in [1.165, 1.54) is 23.4 Å². The number of aryl methyl sites for hydroxylation is 2. The average molecular weight is 394 g/mol. The van der Waals surface area contributed by atoms with Gasteiger partial charge in [-0.05, 0) is 63.1 Å². The number of pyridine rings is 1. The Labute approximate surface area is 167 Å². The first-order valence-corrected chi connectivity index (χ1v) is 10.8. The molecular weight excluding hydrogens is 370 g/mol. The first-order valence-electron chi connectivity index (χ1n) is 10.0.